The van der Waals surface area contributed by atoms with E-state index in [1.807, 2.05) is 0 Å². The van der Waals surface area contributed by atoms with Gasteiger partial charge >= 0.3 is 0 Å². The first-order valence-corrected chi connectivity index (χ1v) is 8.84. The highest BCUT2D eigenvalue weighted by Crippen LogP contribution is 2.36. The van der Waals surface area contributed by atoms with Crippen molar-refractivity contribution in [2.75, 3.05) is 13.6 Å². The third-order valence-electron chi connectivity index (χ3n) is 2.74. The van der Waals surface area contributed by atoms with Crippen LogP contribution >= 0.6 is 38.9 Å². The minimum absolute atomic E-state index is 0.335. The molecule has 1 fully saturated rings. The van der Waals surface area contributed by atoms with Crippen LogP contribution in [0.15, 0.2) is 14.7 Å². The molecule has 3 nitrogen and oxygen atoms in total. The molecule has 0 N–H and O–H groups in total. The van der Waals surface area contributed by atoms with E-state index in [4.69, 9.17) is 11.6 Å². The molecule has 0 atom stereocenters. The van der Waals surface area contributed by atoms with Crippen LogP contribution < -0.4 is 0 Å². The maximum atomic E-state index is 12.3. The topological polar surface area (TPSA) is 37.4 Å². The third-order valence-corrected chi connectivity index (χ3v) is 7.26. The van der Waals surface area contributed by atoms with Gasteiger partial charge in [-0.25, -0.2) is 12.7 Å². The monoisotopic (exact) mass is 357 g/mol. The van der Waals surface area contributed by atoms with Gasteiger partial charge in [0.15, 0.2) is 0 Å². The lowest BCUT2D eigenvalue weighted by Gasteiger charge is -2.16. The lowest BCUT2D eigenvalue weighted by atomic mass is 10.4. The van der Waals surface area contributed by atoms with E-state index in [1.54, 1.807) is 13.1 Å². The average molecular weight is 359 g/mol. The van der Waals surface area contributed by atoms with Gasteiger partial charge < -0.3 is 0 Å². The van der Waals surface area contributed by atoms with Crippen LogP contribution in [0.1, 0.15) is 17.7 Å². The maximum Gasteiger partial charge on any atom is 0.244 e. The van der Waals surface area contributed by atoms with Crippen molar-refractivity contribution < 1.29 is 8.42 Å². The highest BCUT2D eigenvalue weighted by Gasteiger charge is 2.31. The summed E-state index contributed by atoms with van der Waals surface area (Å²) in [4.78, 5) is 1.19. The molecule has 0 spiro atoms. The number of hydrogen-bond donors (Lipinski definition) is 0. The molecular weight excluding hydrogens is 346 g/mol. The molecule has 0 aromatic carbocycles. The molecule has 96 valence electrons. The van der Waals surface area contributed by atoms with Gasteiger partial charge in [0.1, 0.15) is 4.90 Å². The number of halogens is 2. The molecule has 7 heteroatoms. The van der Waals surface area contributed by atoms with Gasteiger partial charge in [-0.1, -0.05) is 0 Å². The van der Waals surface area contributed by atoms with Gasteiger partial charge in [-0.2, -0.15) is 0 Å². The van der Waals surface area contributed by atoms with E-state index in [0.717, 1.165) is 17.7 Å². The first-order valence-electron chi connectivity index (χ1n) is 5.25. The molecule has 0 bridgehead atoms. The maximum absolute atomic E-state index is 12.3. The number of thiophene rings is 1. The van der Waals surface area contributed by atoms with Crippen LogP contribution in [0.3, 0.4) is 0 Å². The largest absolute Gasteiger partial charge is 0.244 e. The van der Waals surface area contributed by atoms with E-state index in [9.17, 15) is 8.42 Å². The lowest BCUT2D eigenvalue weighted by Crippen LogP contribution is -2.28. The minimum atomic E-state index is -3.38. The van der Waals surface area contributed by atoms with Crippen LogP contribution in [0, 0.1) is 5.92 Å². The Bertz CT molecular complexity index is 510. The van der Waals surface area contributed by atoms with Gasteiger partial charge in [0.25, 0.3) is 0 Å². The van der Waals surface area contributed by atoms with Gasteiger partial charge in [0.05, 0.1) is 9.67 Å². The van der Waals surface area contributed by atoms with Crippen LogP contribution in [0.4, 0.5) is 0 Å². The fraction of sp³-hybridized carbons (Fsp3) is 0.600. The molecule has 0 unspecified atom stereocenters. The molecule has 0 saturated heterocycles. The molecule has 1 aromatic rings. The van der Waals surface area contributed by atoms with E-state index in [2.05, 4.69) is 15.9 Å². The molecule has 0 aliphatic heterocycles. The second kappa shape index (κ2) is 5.17. The quantitative estimate of drug-likeness (QED) is 0.758. The minimum Gasteiger partial charge on any atom is -0.207 e. The van der Waals surface area contributed by atoms with Gasteiger partial charge in [0.2, 0.25) is 10.0 Å². The summed E-state index contributed by atoms with van der Waals surface area (Å²) in [5.74, 6) is 0.880. The fourth-order valence-corrected chi connectivity index (χ4v) is 5.54. The summed E-state index contributed by atoms with van der Waals surface area (Å²) in [6.07, 6.45) is 2.27. The Kier molecular flexibility index (Phi) is 4.20. The molecule has 1 aliphatic carbocycles. The van der Waals surface area contributed by atoms with Crippen molar-refractivity contribution in [3.05, 3.63) is 14.7 Å². The summed E-state index contributed by atoms with van der Waals surface area (Å²) in [6.45, 7) is 0.612. The van der Waals surface area contributed by atoms with Crippen molar-refractivity contribution >= 4 is 48.9 Å². The van der Waals surface area contributed by atoms with Gasteiger partial charge in [-0.05, 0) is 40.8 Å². The second-order valence-electron chi connectivity index (χ2n) is 4.21. The number of nitrogens with zero attached hydrogens (tertiary/aromatic N) is 1. The SMILES string of the molecule is CN(CC1CC1)S(=O)(=O)c1cc(CCl)sc1Br. The third kappa shape index (κ3) is 3.04. The van der Waals surface area contributed by atoms with E-state index in [-0.39, 0.29) is 0 Å². The smallest absolute Gasteiger partial charge is 0.207 e. The Morgan fingerprint density at radius 3 is 2.71 bits per heavy atom. The molecule has 1 heterocycles. The van der Waals surface area contributed by atoms with Gasteiger partial charge in [-0.3, -0.25) is 0 Å². The zero-order valence-corrected chi connectivity index (χ0v) is 13.3. The Morgan fingerprint density at radius 1 is 1.59 bits per heavy atom. The Labute approximate surface area is 119 Å². The predicted molar refractivity (Wildman–Crippen MR) is 74.1 cm³/mol. The summed E-state index contributed by atoms with van der Waals surface area (Å²) < 4.78 is 26.7. The van der Waals surface area contributed by atoms with Crippen molar-refractivity contribution in [3.63, 3.8) is 0 Å². The summed E-state index contributed by atoms with van der Waals surface area (Å²) in [5.41, 5.74) is 0. The van der Waals surface area contributed by atoms with E-state index in [1.165, 1.54) is 15.6 Å². The normalized spacial score (nSPS) is 16.7. The zero-order chi connectivity index (χ0) is 12.6. The molecule has 1 saturated carbocycles. The molecule has 0 amide bonds. The summed E-state index contributed by atoms with van der Waals surface area (Å²) >= 11 is 10.4. The Morgan fingerprint density at radius 2 is 2.24 bits per heavy atom. The van der Waals surface area contributed by atoms with Gasteiger partial charge in [-0.15, -0.1) is 22.9 Å². The standard InChI is InChI=1S/C10H13BrClNO2S2/c1-13(6-7-2-3-7)17(14,15)9-4-8(5-12)16-10(9)11/h4,7H,2-3,5-6H2,1H3. The number of sulfonamides is 1. The van der Waals surface area contributed by atoms with Crippen molar-refractivity contribution in [2.45, 2.75) is 23.6 Å². The van der Waals surface area contributed by atoms with Crippen LogP contribution in [0.2, 0.25) is 0 Å². The van der Waals surface area contributed by atoms with Crippen LogP contribution in [-0.4, -0.2) is 26.3 Å². The highest BCUT2D eigenvalue weighted by atomic mass is 79.9. The summed E-state index contributed by atoms with van der Waals surface area (Å²) in [7, 11) is -1.74. The molecule has 17 heavy (non-hydrogen) atoms. The molecule has 0 radical (unpaired) electrons. The van der Waals surface area contributed by atoms with Crippen molar-refractivity contribution in [1.82, 2.24) is 4.31 Å². The van der Waals surface area contributed by atoms with E-state index >= 15 is 0 Å². The van der Waals surface area contributed by atoms with Crippen LogP contribution in [0.25, 0.3) is 0 Å². The number of alkyl halides is 1. The van der Waals surface area contributed by atoms with E-state index < -0.39 is 10.0 Å². The molecule has 2 rings (SSSR count). The lowest BCUT2D eigenvalue weighted by molar-refractivity contribution is 0.453. The van der Waals surface area contributed by atoms with Crippen molar-refractivity contribution in [3.8, 4) is 0 Å². The fourth-order valence-electron chi connectivity index (χ4n) is 1.57. The second-order valence-corrected chi connectivity index (χ2v) is 8.95. The van der Waals surface area contributed by atoms with Crippen LogP contribution in [0.5, 0.6) is 0 Å². The Hall–Kier alpha value is 0.380. The van der Waals surface area contributed by atoms with Crippen molar-refractivity contribution in [1.29, 1.82) is 0 Å². The Balaban J connectivity index is 2.25. The predicted octanol–water partition coefficient (Wildman–Crippen LogP) is 3.28. The van der Waals surface area contributed by atoms with Crippen LogP contribution in [-0.2, 0) is 15.9 Å². The van der Waals surface area contributed by atoms with Gasteiger partial charge in [0, 0.05) is 18.5 Å². The average Bonchev–Trinajstić information content (AvgIpc) is 2.99. The zero-order valence-electron chi connectivity index (χ0n) is 9.32. The first kappa shape index (κ1) is 13.8. The summed E-state index contributed by atoms with van der Waals surface area (Å²) in [5, 5.41) is 0. The number of hydrogen-bond acceptors (Lipinski definition) is 3. The highest BCUT2D eigenvalue weighted by molar-refractivity contribution is 9.11. The molecular formula is C10H13BrClNO2S2. The first-order chi connectivity index (χ1) is 7.95. The number of rotatable bonds is 5. The van der Waals surface area contributed by atoms with E-state index in [0.29, 0.717) is 27.0 Å². The van der Waals surface area contributed by atoms with Crippen molar-refractivity contribution in [2.24, 2.45) is 5.92 Å². The summed E-state index contributed by atoms with van der Waals surface area (Å²) in [6, 6.07) is 1.65. The molecule has 1 aliphatic rings. The molecule has 1 aromatic heterocycles.